The molecule has 10 aromatic carbocycles. The number of rotatable bonds is 20. The molecule has 0 aliphatic rings. The highest BCUT2D eigenvalue weighted by molar-refractivity contribution is 7.84. The maximum absolute atomic E-state index is 12.0. The van der Waals surface area contributed by atoms with Crippen LogP contribution in [0.15, 0.2) is 249 Å². The van der Waals surface area contributed by atoms with E-state index in [1.165, 1.54) is 121 Å². The van der Waals surface area contributed by atoms with Crippen LogP contribution in [0.25, 0.3) is 0 Å². The van der Waals surface area contributed by atoms with Crippen LogP contribution < -0.4 is 41.8 Å². The molecule has 10 rings (SSSR count). The minimum Gasteiger partial charge on any atom is -0.358 e. The lowest BCUT2D eigenvalue weighted by Crippen LogP contribution is -2.00. The summed E-state index contributed by atoms with van der Waals surface area (Å²) in [5.41, 5.74) is 8.35. The molecule has 0 N–H and O–H groups in total. The molecule has 0 atom stereocenters. The Morgan fingerprint density at radius 3 is 0.388 bits per heavy atom. The molecule has 0 saturated heterocycles. The average molecular weight is 1920 g/mol. The number of halogens is 10. The highest BCUT2D eigenvalue weighted by Gasteiger charge is 2.16. The highest BCUT2D eigenvalue weighted by atomic mass is 32.3. The van der Waals surface area contributed by atoms with Crippen molar-refractivity contribution < 1.29 is 165 Å². The van der Waals surface area contributed by atoms with Gasteiger partial charge in [0.1, 0.15) is 57.5 Å². The summed E-state index contributed by atoms with van der Waals surface area (Å²) >= 11 is 0. The summed E-state index contributed by atoms with van der Waals surface area (Å²) in [4.78, 5) is 0. The van der Waals surface area contributed by atoms with Crippen LogP contribution in [0.2, 0.25) is 0 Å². The van der Waals surface area contributed by atoms with Crippen LogP contribution in [0.3, 0.4) is 0 Å². The summed E-state index contributed by atoms with van der Waals surface area (Å²) < 4.78 is 359. The van der Waals surface area contributed by atoms with E-state index in [2.05, 4.69) is 41.8 Å². The number of hydrogen-bond donors (Lipinski definition) is 0. The molecule has 0 heterocycles. The van der Waals surface area contributed by atoms with Crippen molar-refractivity contribution in [2.24, 2.45) is 0 Å². The maximum Gasteiger partial charge on any atom is 0.488 e. The third-order valence-corrected chi connectivity index (χ3v) is 15.8. The van der Waals surface area contributed by atoms with E-state index < -0.39 is 105 Å². The molecule has 10 aromatic rings. The monoisotopic (exact) mass is 1920 g/mol. The van der Waals surface area contributed by atoms with E-state index in [9.17, 15) is 123 Å². The number of benzene rings is 10. The van der Waals surface area contributed by atoms with Crippen molar-refractivity contribution in [1.82, 2.24) is 0 Å². The lowest BCUT2D eigenvalue weighted by atomic mass is 10.2. The molecule has 30 nitrogen and oxygen atoms in total. The average Bonchev–Trinajstić information content (AvgIpc) is 0.914. The SMILES string of the molecule is C.C.Cc1ccc(OS(=O)(=O)F)cc1.Cc1ccc(OS(=O)(=O)F)cc1.Cc1ccc(OS(=O)(=O)F)cc1.Cc1ccc(OS(=O)(=O)F)cc1.Cc1ccc(OS(=O)(=O)F)cc1.Cc1ccc(OS(=O)(=O)F)cc1.Cc1ccc(OS(=O)(=O)F)cc1.Cc1ccc(OS(=O)(=O)F)cc1.Cc1cccc(OS(=O)(=O)F)c1.O=S(=O)(F)Oc1ccccc1. The Kier molecular flexibility index (Phi) is 47.8. The summed E-state index contributed by atoms with van der Waals surface area (Å²) in [5.74, 6) is -0.248. The van der Waals surface area contributed by atoms with Crippen LogP contribution in [-0.4, -0.2) is 84.2 Å². The first-order valence-electron chi connectivity index (χ1n) is 31.4. The molecule has 0 fully saturated rings. The Bertz CT molecular complexity index is 5110. The van der Waals surface area contributed by atoms with E-state index in [-0.39, 0.29) is 72.3 Å². The molecule has 670 valence electrons. The van der Waals surface area contributed by atoms with Gasteiger partial charge in [-0.1, -0.05) is 226 Å². The summed E-state index contributed by atoms with van der Waals surface area (Å²) in [5, 5.41) is 0. The van der Waals surface area contributed by atoms with Gasteiger partial charge in [-0.25, -0.2) is 0 Å². The minimum absolute atomic E-state index is 0. The lowest BCUT2D eigenvalue weighted by molar-refractivity contribution is 0.437. The van der Waals surface area contributed by atoms with Gasteiger partial charge >= 0.3 is 105 Å². The van der Waals surface area contributed by atoms with Crippen molar-refractivity contribution in [2.75, 3.05) is 0 Å². The van der Waals surface area contributed by atoms with Crippen LogP contribution >= 0.6 is 0 Å². The zero-order valence-corrected chi connectivity index (χ0v) is 70.4. The fourth-order valence-electron chi connectivity index (χ4n) is 7.04. The van der Waals surface area contributed by atoms with Gasteiger partial charge < -0.3 is 41.8 Å². The van der Waals surface area contributed by atoms with Crippen LogP contribution in [0.4, 0.5) is 38.9 Å². The fraction of sp³-hybridized carbons (Fsp3) is 0.155. The largest absolute Gasteiger partial charge is 0.488 e. The zero-order valence-electron chi connectivity index (χ0n) is 62.3. The summed E-state index contributed by atoms with van der Waals surface area (Å²) in [6, 6.07) is 61.7. The van der Waals surface area contributed by atoms with Gasteiger partial charge in [-0.15, -0.1) is 0 Å². The normalized spacial score (nSPS) is 11.0. The van der Waals surface area contributed by atoms with Gasteiger partial charge in [0.2, 0.25) is 0 Å². The molecule has 0 spiro atoms. The maximum atomic E-state index is 12.0. The molecule has 50 heteroatoms. The van der Waals surface area contributed by atoms with E-state index in [0.717, 1.165) is 50.1 Å². The van der Waals surface area contributed by atoms with Crippen LogP contribution in [0, 0.1) is 62.3 Å². The molecule has 0 bridgehead atoms. The van der Waals surface area contributed by atoms with Crippen LogP contribution in [-0.2, 0) is 105 Å². The van der Waals surface area contributed by atoms with Crippen molar-refractivity contribution in [3.63, 3.8) is 0 Å². The Morgan fingerprint density at radius 2 is 0.264 bits per heavy atom. The molecule has 121 heavy (non-hydrogen) atoms. The first-order chi connectivity index (χ1) is 54.3. The van der Waals surface area contributed by atoms with E-state index in [1.54, 1.807) is 134 Å². The molecule has 0 amide bonds. The van der Waals surface area contributed by atoms with Gasteiger partial charge in [-0.3, -0.25) is 0 Å². The third kappa shape index (κ3) is 66.5. The second-order valence-corrected chi connectivity index (χ2v) is 31.9. The van der Waals surface area contributed by atoms with E-state index in [0.29, 0.717) is 0 Å². The van der Waals surface area contributed by atoms with Gasteiger partial charge in [0, 0.05) is 0 Å². The van der Waals surface area contributed by atoms with E-state index >= 15 is 0 Å². The zero-order chi connectivity index (χ0) is 91.0. The fourth-order valence-corrected chi connectivity index (χ4v) is 10.4. The second kappa shape index (κ2) is 51.6. The van der Waals surface area contributed by atoms with Crippen LogP contribution in [0.1, 0.15) is 64.9 Å². The summed E-state index contributed by atoms with van der Waals surface area (Å²) in [7, 11) is -48.9. The predicted molar refractivity (Wildman–Crippen MR) is 427 cm³/mol. The summed E-state index contributed by atoms with van der Waals surface area (Å²) in [6.07, 6.45) is 0. The molecule has 0 unspecified atom stereocenters. The molecule has 0 aromatic heterocycles. The van der Waals surface area contributed by atoms with Gasteiger partial charge in [0.15, 0.2) is 0 Å². The van der Waals surface area contributed by atoms with Crippen molar-refractivity contribution in [2.45, 2.75) is 77.2 Å². The topological polar surface area (TPSA) is 434 Å². The lowest BCUT2D eigenvalue weighted by Gasteiger charge is -1.99. The molecular formula is C71H76F10O30S10. The molecule has 0 aliphatic carbocycles. The van der Waals surface area contributed by atoms with Crippen molar-refractivity contribution in [1.29, 1.82) is 0 Å². The molecule has 0 saturated carbocycles. The Balaban J connectivity index is 0. The van der Waals surface area contributed by atoms with E-state index in [1.807, 2.05) is 55.4 Å². The quantitative estimate of drug-likeness (QED) is 0.0505. The van der Waals surface area contributed by atoms with Gasteiger partial charge in [0.05, 0.1) is 0 Å². The van der Waals surface area contributed by atoms with E-state index in [4.69, 9.17) is 0 Å². The van der Waals surface area contributed by atoms with Gasteiger partial charge in [-0.2, -0.15) is 84.2 Å². The first-order valence-corrected chi connectivity index (χ1v) is 44.5. The standard InChI is InChI=1S/9C7H7FO3S.C6H5FO3S.2CH4/c8*1-6-2-4-7(5-3-6)11-12(8,9)10;1-6-3-2-4-7(5-6)11-12(8,9)10;7-11(8,9)10-6-4-2-1-3-5-6;;/h9*2-5H,1H3;1-5H;2*1H4. The molecular weight excluding hydrogens is 1840 g/mol. The van der Waals surface area contributed by atoms with Gasteiger partial charge in [0.25, 0.3) is 0 Å². The molecule has 0 radical (unpaired) electrons. The van der Waals surface area contributed by atoms with Crippen molar-refractivity contribution in [3.05, 3.63) is 299 Å². The highest BCUT2D eigenvalue weighted by Crippen LogP contribution is 2.22. The van der Waals surface area contributed by atoms with Gasteiger partial charge in [-0.05, 0) is 189 Å². The van der Waals surface area contributed by atoms with Crippen molar-refractivity contribution in [3.8, 4) is 57.5 Å². The Morgan fingerprint density at radius 1 is 0.149 bits per heavy atom. The third-order valence-electron chi connectivity index (χ3n) is 11.9. The number of aryl methyl sites for hydroxylation is 9. The molecule has 0 aliphatic heterocycles. The van der Waals surface area contributed by atoms with Crippen LogP contribution in [0.5, 0.6) is 57.5 Å². The number of hydrogen-bond acceptors (Lipinski definition) is 30. The smallest absolute Gasteiger partial charge is 0.358 e. The second-order valence-electron chi connectivity index (χ2n) is 22.4. The Hall–Kier alpha value is -11.0. The predicted octanol–water partition coefficient (Wildman–Crippen LogP) is 16.8. The number of para-hydroxylation sites is 1. The van der Waals surface area contributed by atoms with Crippen molar-refractivity contribution >= 4 is 105 Å². The minimum atomic E-state index is -4.89. The Labute approximate surface area is 698 Å². The summed E-state index contributed by atoms with van der Waals surface area (Å²) in [6.45, 7) is 16.4. The first kappa shape index (κ1) is 112.